The zero-order valence-corrected chi connectivity index (χ0v) is 15.3. The van der Waals surface area contributed by atoms with Crippen molar-refractivity contribution in [3.63, 3.8) is 0 Å². The Morgan fingerprint density at radius 2 is 1.75 bits per heavy atom. The van der Waals surface area contributed by atoms with E-state index >= 15 is 0 Å². The summed E-state index contributed by atoms with van der Waals surface area (Å²) in [6.07, 6.45) is 0.298. The Morgan fingerprint density at radius 3 is 2.54 bits per heavy atom. The Hall–Kier alpha value is -2.38. The second-order valence-electron chi connectivity index (χ2n) is 7.63. The minimum absolute atomic E-state index is 0.0472. The average Bonchev–Trinajstić information content (AvgIpc) is 2.85. The lowest BCUT2D eigenvalue weighted by molar-refractivity contribution is -0.118. The smallest absolute Gasteiger partial charge is 0.227 e. The van der Waals surface area contributed by atoms with Crippen LogP contribution in [0.4, 0.5) is 18.9 Å². The van der Waals surface area contributed by atoms with Crippen LogP contribution in [0.25, 0.3) is 0 Å². The standard InChI is InChI=1S/C21H21F3N2O2/c22-16-1-4-18(5-2-16)26-13-21(10-20(26)27)12-25(7-8-28-14-21)11-15-9-17(23)3-6-19(15)24/h1-6,9H,7-8,10-14H2/t21-/m0/s1. The lowest BCUT2D eigenvalue weighted by atomic mass is 9.87. The Kier molecular flexibility index (Phi) is 5.12. The van der Waals surface area contributed by atoms with E-state index in [9.17, 15) is 18.0 Å². The van der Waals surface area contributed by atoms with E-state index in [1.165, 1.54) is 18.2 Å². The zero-order chi connectivity index (χ0) is 19.7. The molecular weight excluding hydrogens is 369 g/mol. The molecular formula is C21H21F3N2O2. The number of carbonyl (C=O) groups excluding carboxylic acids is 1. The van der Waals surface area contributed by atoms with Gasteiger partial charge in [0.2, 0.25) is 5.91 Å². The second-order valence-corrected chi connectivity index (χ2v) is 7.63. The number of anilines is 1. The van der Waals surface area contributed by atoms with Crippen molar-refractivity contribution < 1.29 is 22.7 Å². The summed E-state index contributed by atoms with van der Waals surface area (Å²) in [6.45, 7) is 2.68. The first-order chi connectivity index (χ1) is 13.4. The number of rotatable bonds is 3. The predicted molar refractivity (Wildman–Crippen MR) is 98.3 cm³/mol. The van der Waals surface area contributed by atoms with Crippen LogP contribution in [0.3, 0.4) is 0 Å². The van der Waals surface area contributed by atoms with E-state index in [-0.39, 0.29) is 23.8 Å². The Labute approximate surface area is 161 Å². The van der Waals surface area contributed by atoms with E-state index in [2.05, 4.69) is 0 Å². The van der Waals surface area contributed by atoms with Crippen molar-refractivity contribution in [2.75, 3.05) is 37.7 Å². The lowest BCUT2D eigenvalue weighted by Gasteiger charge is -2.31. The number of ether oxygens (including phenoxy) is 1. The summed E-state index contributed by atoms with van der Waals surface area (Å²) < 4.78 is 46.5. The molecule has 0 radical (unpaired) electrons. The van der Waals surface area contributed by atoms with Gasteiger partial charge in [-0.2, -0.15) is 0 Å². The number of hydrogen-bond donors (Lipinski definition) is 0. The fraction of sp³-hybridized carbons (Fsp3) is 0.381. The summed E-state index contributed by atoms with van der Waals surface area (Å²) in [5, 5.41) is 0. The van der Waals surface area contributed by atoms with Gasteiger partial charge in [-0.3, -0.25) is 9.69 Å². The van der Waals surface area contributed by atoms with Gasteiger partial charge in [-0.1, -0.05) is 0 Å². The summed E-state index contributed by atoms with van der Waals surface area (Å²) >= 11 is 0. The quantitative estimate of drug-likeness (QED) is 0.806. The summed E-state index contributed by atoms with van der Waals surface area (Å²) in [6, 6.07) is 9.27. The van der Waals surface area contributed by atoms with Crippen LogP contribution in [0.2, 0.25) is 0 Å². The van der Waals surface area contributed by atoms with Gasteiger partial charge in [0.1, 0.15) is 17.5 Å². The fourth-order valence-electron chi connectivity index (χ4n) is 4.08. The molecule has 2 saturated heterocycles. The first-order valence-electron chi connectivity index (χ1n) is 9.24. The van der Waals surface area contributed by atoms with Crippen LogP contribution in [-0.4, -0.2) is 43.7 Å². The van der Waals surface area contributed by atoms with Gasteiger partial charge in [-0.25, -0.2) is 13.2 Å². The van der Waals surface area contributed by atoms with Crippen molar-refractivity contribution in [3.8, 4) is 0 Å². The summed E-state index contributed by atoms with van der Waals surface area (Å²) in [5.74, 6) is -1.33. The van der Waals surface area contributed by atoms with Gasteiger partial charge in [0, 0.05) is 49.3 Å². The van der Waals surface area contributed by atoms with Crippen LogP contribution in [0.5, 0.6) is 0 Å². The van der Waals surface area contributed by atoms with Crippen molar-refractivity contribution in [1.29, 1.82) is 0 Å². The highest BCUT2D eigenvalue weighted by Crippen LogP contribution is 2.37. The van der Waals surface area contributed by atoms with E-state index in [0.717, 1.165) is 12.1 Å². The van der Waals surface area contributed by atoms with E-state index < -0.39 is 17.0 Å². The highest BCUT2D eigenvalue weighted by molar-refractivity contribution is 5.96. The molecule has 0 saturated carbocycles. The van der Waals surface area contributed by atoms with Crippen LogP contribution in [0, 0.1) is 22.9 Å². The van der Waals surface area contributed by atoms with Crippen molar-refractivity contribution in [1.82, 2.24) is 4.90 Å². The first-order valence-corrected chi connectivity index (χ1v) is 9.24. The molecule has 0 unspecified atom stereocenters. The molecule has 0 aromatic heterocycles. The summed E-state index contributed by atoms with van der Waals surface area (Å²) in [4.78, 5) is 16.3. The van der Waals surface area contributed by atoms with Crippen molar-refractivity contribution in [2.45, 2.75) is 13.0 Å². The Morgan fingerprint density at radius 1 is 1.00 bits per heavy atom. The minimum atomic E-state index is -0.476. The normalized spacial score (nSPS) is 23.4. The molecule has 7 heteroatoms. The largest absolute Gasteiger partial charge is 0.379 e. The molecule has 2 aromatic rings. The number of carbonyl (C=O) groups is 1. The maximum absolute atomic E-state index is 14.1. The number of nitrogens with zero attached hydrogens (tertiary/aromatic N) is 2. The van der Waals surface area contributed by atoms with Gasteiger partial charge < -0.3 is 9.64 Å². The van der Waals surface area contributed by atoms with Crippen molar-refractivity contribution in [3.05, 3.63) is 65.5 Å². The third-order valence-corrected chi connectivity index (χ3v) is 5.38. The van der Waals surface area contributed by atoms with E-state index in [4.69, 9.17) is 4.74 Å². The third kappa shape index (κ3) is 3.91. The molecule has 2 fully saturated rings. The molecule has 2 aromatic carbocycles. The average molecular weight is 390 g/mol. The van der Waals surface area contributed by atoms with Crippen LogP contribution in [0.15, 0.2) is 42.5 Å². The Balaban J connectivity index is 1.53. The van der Waals surface area contributed by atoms with Gasteiger partial charge in [-0.05, 0) is 42.5 Å². The molecule has 1 atom stereocenters. The number of benzene rings is 2. The summed E-state index contributed by atoms with van der Waals surface area (Å²) in [5.41, 5.74) is 0.498. The fourth-order valence-corrected chi connectivity index (χ4v) is 4.08. The minimum Gasteiger partial charge on any atom is -0.379 e. The van der Waals surface area contributed by atoms with E-state index in [1.54, 1.807) is 17.0 Å². The highest BCUT2D eigenvalue weighted by Gasteiger charge is 2.46. The monoisotopic (exact) mass is 390 g/mol. The summed E-state index contributed by atoms with van der Waals surface area (Å²) in [7, 11) is 0. The maximum Gasteiger partial charge on any atom is 0.227 e. The van der Waals surface area contributed by atoms with Crippen LogP contribution < -0.4 is 4.90 Å². The topological polar surface area (TPSA) is 32.8 Å². The van der Waals surface area contributed by atoms with Gasteiger partial charge >= 0.3 is 0 Å². The maximum atomic E-state index is 14.1. The molecule has 4 rings (SSSR count). The number of halogens is 3. The second kappa shape index (κ2) is 7.56. The van der Waals surface area contributed by atoms with Crippen LogP contribution >= 0.6 is 0 Å². The van der Waals surface area contributed by atoms with Crippen molar-refractivity contribution in [2.24, 2.45) is 5.41 Å². The molecule has 0 aliphatic carbocycles. The molecule has 148 valence electrons. The molecule has 0 N–H and O–H groups in total. The first kappa shape index (κ1) is 19.0. The van der Waals surface area contributed by atoms with Gasteiger partial charge in [0.15, 0.2) is 0 Å². The van der Waals surface area contributed by atoms with Crippen LogP contribution in [-0.2, 0) is 16.1 Å². The van der Waals surface area contributed by atoms with E-state index in [1.807, 2.05) is 4.90 Å². The van der Waals surface area contributed by atoms with E-state index in [0.29, 0.717) is 45.0 Å². The Bertz CT molecular complexity index is 874. The number of amides is 1. The predicted octanol–water partition coefficient (Wildman–Crippen LogP) is 3.36. The van der Waals surface area contributed by atoms with Crippen molar-refractivity contribution >= 4 is 11.6 Å². The molecule has 2 aliphatic rings. The number of hydrogen-bond acceptors (Lipinski definition) is 3. The molecule has 28 heavy (non-hydrogen) atoms. The van der Waals surface area contributed by atoms with Gasteiger partial charge in [0.05, 0.1) is 13.2 Å². The highest BCUT2D eigenvalue weighted by atomic mass is 19.1. The molecule has 2 aliphatic heterocycles. The SMILES string of the molecule is O=C1C[C@@]2(COCCN(Cc3cc(F)ccc3F)C2)CN1c1ccc(F)cc1. The molecule has 1 amide bonds. The third-order valence-electron chi connectivity index (χ3n) is 5.38. The molecule has 4 nitrogen and oxygen atoms in total. The molecule has 1 spiro atoms. The van der Waals surface area contributed by atoms with Gasteiger partial charge in [-0.15, -0.1) is 0 Å². The zero-order valence-electron chi connectivity index (χ0n) is 15.3. The molecule has 0 bridgehead atoms. The van der Waals surface area contributed by atoms with Gasteiger partial charge in [0.25, 0.3) is 0 Å². The lowest BCUT2D eigenvalue weighted by Crippen LogP contribution is -2.40. The molecule has 2 heterocycles. The van der Waals surface area contributed by atoms with Crippen LogP contribution in [0.1, 0.15) is 12.0 Å².